The quantitative estimate of drug-likeness (QED) is 0.0251. The van der Waals surface area contributed by atoms with Gasteiger partial charge in [-0.05, 0) is 112 Å². The van der Waals surface area contributed by atoms with Gasteiger partial charge in [-0.15, -0.1) is 0 Å². The molecule has 0 radical (unpaired) electrons. The molecule has 0 fully saturated rings. The molecule has 0 saturated carbocycles. The average molecular weight is 663 g/mol. The minimum atomic E-state index is -0.589. The van der Waals surface area contributed by atoms with Crippen LogP contribution in [0.3, 0.4) is 0 Å². The molecule has 5 aromatic rings. The molecule has 0 aliphatic heterocycles. The maximum atomic E-state index is 12.9. The molecule has 5 rings (SSSR count). The monoisotopic (exact) mass is 662 g/mol. The third kappa shape index (κ3) is 9.31. The molecule has 8 heteroatoms. The van der Waals surface area contributed by atoms with E-state index in [1.807, 2.05) is 42.5 Å². The molecule has 8 nitrogen and oxygen atoms in total. The summed E-state index contributed by atoms with van der Waals surface area (Å²) >= 11 is 0. The van der Waals surface area contributed by atoms with Gasteiger partial charge in [0.05, 0.1) is 17.5 Å². The molecule has 0 unspecified atom stereocenters. The topological polar surface area (TPSA) is 105 Å². The summed E-state index contributed by atoms with van der Waals surface area (Å²) in [6, 6.07) is 27.6. The largest absolute Gasteiger partial charge is 0.458 e. The van der Waals surface area contributed by atoms with Crippen LogP contribution in [0.1, 0.15) is 38.3 Å². The van der Waals surface area contributed by atoms with Crippen molar-refractivity contribution in [1.29, 1.82) is 0 Å². The number of ketones is 1. The number of carbonyl (C=O) groups excluding carboxylic acids is 4. The van der Waals surface area contributed by atoms with Crippen molar-refractivity contribution in [3.8, 4) is 23.3 Å². The van der Waals surface area contributed by atoms with Gasteiger partial charge in [-0.25, -0.2) is 14.4 Å². The third-order valence-corrected chi connectivity index (χ3v) is 7.23. The van der Waals surface area contributed by atoms with E-state index in [-0.39, 0.29) is 30.1 Å². The fourth-order valence-electron chi connectivity index (χ4n) is 4.59. The van der Waals surface area contributed by atoms with E-state index in [2.05, 4.69) is 31.6 Å². The predicted molar refractivity (Wildman–Crippen MR) is 191 cm³/mol. The van der Waals surface area contributed by atoms with Gasteiger partial charge in [0.15, 0.2) is 5.78 Å². The summed E-state index contributed by atoms with van der Waals surface area (Å²) < 4.78 is 21.1. The van der Waals surface area contributed by atoms with Gasteiger partial charge in [-0.3, -0.25) is 4.79 Å². The van der Waals surface area contributed by atoms with Crippen molar-refractivity contribution >= 4 is 51.3 Å². The Balaban J connectivity index is 1.16. The highest BCUT2D eigenvalue weighted by atomic mass is 16.7. The summed E-state index contributed by atoms with van der Waals surface area (Å²) in [5.74, 6) is 4.92. The fourth-order valence-corrected chi connectivity index (χ4v) is 4.59. The average Bonchev–Trinajstić information content (AvgIpc) is 3.13. The van der Waals surface area contributed by atoms with E-state index in [9.17, 15) is 19.2 Å². The first-order valence-electron chi connectivity index (χ1n) is 15.3. The molecule has 0 aromatic heterocycles. The highest BCUT2D eigenvalue weighted by Gasteiger charge is 2.13. The van der Waals surface area contributed by atoms with Crippen LogP contribution in [0.25, 0.3) is 27.6 Å². The SMILES string of the molecule is C=CC(=C)OCOC(=O)/C=C/c1ccc2cc(OC(=O)c3ccc(C(=O)Oc4ccc5cc(C#CCC(=O)C=C)ccc5c4)cc3)ccc2c1. The van der Waals surface area contributed by atoms with Gasteiger partial charge in [0.1, 0.15) is 17.3 Å². The Hall–Kier alpha value is -6.98. The highest BCUT2D eigenvalue weighted by molar-refractivity contribution is 5.96. The molecule has 0 aliphatic rings. The predicted octanol–water partition coefficient (Wildman–Crippen LogP) is 8.16. The van der Waals surface area contributed by atoms with Crippen molar-refractivity contribution in [2.75, 3.05) is 6.79 Å². The lowest BCUT2D eigenvalue weighted by Gasteiger charge is -2.08. The summed E-state index contributed by atoms with van der Waals surface area (Å²) in [7, 11) is 0. The van der Waals surface area contributed by atoms with Crippen LogP contribution in [-0.2, 0) is 19.1 Å². The van der Waals surface area contributed by atoms with E-state index in [1.165, 1.54) is 42.5 Å². The second-order valence-corrected chi connectivity index (χ2v) is 10.7. The number of benzene rings is 5. The number of carbonyl (C=O) groups is 4. The number of esters is 3. The van der Waals surface area contributed by atoms with E-state index in [0.717, 1.165) is 32.7 Å². The standard InChI is InChI=1S/C42H30O8/c1-4-28(3)47-27-48-40(44)22-11-30-10-13-36-26-39(21-19-34(36)24-30)50-42(46)32-16-14-31(15-17-32)41(45)49-38-20-18-33-23-29(9-12-35(33)25-38)7-6-8-37(43)5-2/h4-5,9-26H,1-3,8,27H2/b22-11+. The summed E-state index contributed by atoms with van der Waals surface area (Å²) in [5, 5.41) is 3.44. The van der Waals surface area contributed by atoms with Crippen LogP contribution in [0.5, 0.6) is 11.5 Å². The van der Waals surface area contributed by atoms with Gasteiger partial charge < -0.3 is 18.9 Å². The van der Waals surface area contributed by atoms with Gasteiger partial charge in [0.25, 0.3) is 0 Å². The van der Waals surface area contributed by atoms with Crippen LogP contribution in [-0.4, -0.2) is 30.5 Å². The molecule has 5 aromatic carbocycles. The number of allylic oxidation sites excluding steroid dienone is 2. The Morgan fingerprint density at radius 3 is 1.80 bits per heavy atom. The van der Waals surface area contributed by atoms with Crippen molar-refractivity contribution in [1.82, 2.24) is 0 Å². The van der Waals surface area contributed by atoms with E-state index in [4.69, 9.17) is 18.9 Å². The van der Waals surface area contributed by atoms with Crippen LogP contribution in [0.2, 0.25) is 0 Å². The highest BCUT2D eigenvalue weighted by Crippen LogP contribution is 2.25. The van der Waals surface area contributed by atoms with E-state index >= 15 is 0 Å². The van der Waals surface area contributed by atoms with Gasteiger partial charge in [0, 0.05) is 11.6 Å². The molecule has 0 N–H and O–H groups in total. The molecular weight excluding hydrogens is 632 g/mol. The van der Waals surface area contributed by atoms with Gasteiger partial charge in [0.2, 0.25) is 6.79 Å². The smallest absolute Gasteiger partial charge is 0.343 e. The summed E-state index contributed by atoms with van der Waals surface area (Å²) in [6.45, 7) is 10.2. The second kappa shape index (κ2) is 16.2. The first kappa shape index (κ1) is 34.4. The Kier molecular flexibility index (Phi) is 11.1. The number of fused-ring (bicyclic) bond motifs is 2. The Morgan fingerprint density at radius 2 is 1.20 bits per heavy atom. The number of ether oxygens (including phenoxy) is 4. The van der Waals surface area contributed by atoms with E-state index in [0.29, 0.717) is 17.3 Å². The van der Waals surface area contributed by atoms with Crippen LogP contribution < -0.4 is 9.47 Å². The minimum Gasteiger partial charge on any atom is -0.458 e. The fraction of sp³-hybridized carbons (Fsp3) is 0.0476. The lowest BCUT2D eigenvalue weighted by molar-refractivity contribution is -0.146. The maximum absolute atomic E-state index is 12.9. The summed E-state index contributed by atoms with van der Waals surface area (Å²) in [6.07, 6.45) is 5.67. The maximum Gasteiger partial charge on any atom is 0.343 e. The van der Waals surface area contributed by atoms with Crippen molar-refractivity contribution in [3.05, 3.63) is 163 Å². The second-order valence-electron chi connectivity index (χ2n) is 10.7. The number of hydrogen-bond donors (Lipinski definition) is 0. The van der Waals surface area contributed by atoms with Crippen molar-refractivity contribution in [2.45, 2.75) is 6.42 Å². The number of rotatable bonds is 12. The Morgan fingerprint density at radius 1 is 0.640 bits per heavy atom. The van der Waals surface area contributed by atoms with E-state index < -0.39 is 17.9 Å². The van der Waals surface area contributed by atoms with Crippen molar-refractivity contribution in [2.24, 2.45) is 0 Å². The molecule has 0 heterocycles. The summed E-state index contributed by atoms with van der Waals surface area (Å²) in [5.41, 5.74) is 2.05. The lowest BCUT2D eigenvalue weighted by atomic mass is 10.1. The van der Waals surface area contributed by atoms with Gasteiger partial charge in [-0.2, -0.15) is 0 Å². The first-order chi connectivity index (χ1) is 24.2. The van der Waals surface area contributed by atoms with Crippen LogP contribution >= 0.6 is 0 Å². The third-order valence-electron chi connectivity index (χ3n) is 7.23. The van der Waals surface area contributed by atoms with Crippen molar-refractivity contribution in [3.63, 3.8) is 0 Å². The van der Waals surface area contributed by atoms with Crippen LogP contribution in [0.15, 0.2) is 141 Å². The molecule has 0 amide bonds. The molecule has 50 heavy (non-hydrogen) atoms. The zero-order valence-electron chi connectivity index (χ0n) is 26.8. The molecule has 0 atom stereocenters. The normalized spacial score (nSPS) is 10.5. The molecule has 0 aliphatic carbocycles. The van der Waals surface area contributed by atoms with Gasteiger partial charge >= 0.3 is 17.9 Å². The van der Waals surface area contributed by atoms with Gasteiger partial charge in [-0.1, -0.05) is 61.9 Å². The zero-order chi connectivity index (χ0) is 35.5. The van der Waals surface area contributed by atoms with Crippen LogP contribution in [0, 0.1) is 11.8 Å². The molecular formula is C42H30O8. The Bertz CT molecular complexity index is 2250. The molecule has 0 spiro atoms. The van der Waals surface area contributed by atoms with E-state index in [1.54, 1.807) is 36.4 Å². The first-order valence-corrected chi connectivity index (χ1v) is 15.3. The molecule has 0 bridgehead atoms. The van der Waals surface area contributed by atoms with Crippen LogP contribution in [0.4, 0.5) is 0 Å². The minimum absolute atomic E-state index is 0.110. The molecule has 246 valence electrons. The Labute approximate surface area is 288 Å². The zero-order valence-corrected chi connectivity index (χ0v) is 26.8. The summed E-state index contributed by atoms with van der Waals surface area (Å²) in [4.78, 5) is 49.0. The van der Waals surface area contributed by atoms with Crippen molar-refractivity contribution < 1.29 is 38.1 Å². The molecule has 0 saturated heterocycles. The number of hydrogen-bond acceptors (Lipinski definition) is 8. The lowest BCUT2D eigenvalue weighted by Crippen LogP contribution is -2.11.